The fourth-order valence-corrected chi connectivity index (χ4v) is 4.38. The van der Waals surface area contributed by atoms with Crippen LogP contribution in [-0.2, 0) is 0 Å². The van der Waals surface area contributed by atoms with Crippen LogP contribution in [0.5, 0.6) is 5.75 Å². The smallest absolute Gasteiger partial charge is 0.119 e. The first kappa shape index (κ1) is 20.5. The van der Waals surface area contributed by atoms with Gasteiger partial charge in [0, 0.05) is 0 Å². The summed E-state index contributed by atoms with van der Waals surface area (Å²) in [4.78, 5) is 0. The van der Waals surface area contributed by atoms with Gasteiger partial charge in [0.1, 0.15) is 5.75 Å². The molecule has 2 nitrogen and oxygen atoms in total. The lowest BCUT2D eigenvalue weighted by atomic mass is 9.76. The monoisotopic (exact) mass is 375 g/mol. The molecule has 1 fully saturated rings. The van der Waals surface area contributed by atoms with Gasteiger partial charge in [-0.05, 0) is 92.7 Å². The Morgan fingerprint density at radius 1 is 0.893 bits per heavy atom. The Balaban J connectivity index is 1.49. The number of rotatable bonds is 8. The molecule has 0 heterocycles. The molecule has 28 heavy (non-hydrogen) atoms. The second-order valence-corrected chi connectivity index (χ2v) is 8.28. The second kappa shape index (κ2) is 10.3. The molecule has 1 atom stereocenters. The molecule has 2 heteroatoms. The van der Waals surface area contributed by atoms with Crippen LogP contribution in [0, 0.1) is 11.3 Å². The first-order valence-electron chi connectivity index (χ1n) is 11.0. The van der Waals surface area contributed by atoms with Crippen LogP contribution in [0.2, 0.25) is 0 Å². The minimum atomic E-state index is 0.292. The number of benzene rings is 2. The molecule has 0 radical (unpaired) electrons. The van der Waals surface area contributed by atoms with E-state index in [4.69, 9.17) is 10.00 Å². The van der Waals surface area contributed by atoms with Crippen molar-refractivity contribution in [3.8, 4) is 11.8 Å². The predicted molar refractivity (Wildman–Crippen MR) is 116 cm³/mol. The summed E-state index contributed by atoms with van der Waals surface area (Å²) in [5.74, 6) is 2.29. The molecule has 1 aliphatic rings. The largest absolute Gasteiger partial charge is 0.491 e. The summed E-state index contributed by atoms with van der Waals surface area (Å²) in [5, 5.41) is 8.96. The van der Waals surface area contributed by atoms with Gasteiger partial charge in [0.05, 0.1) is 17.7 Å². The van der Waals surface area contributed by atoms with Crippen molar-refractivity contribution in [2.45, 2.75) is 83.2 Å². The van der Waals surface area contributed by atoms with Crippen LogP contribution >= 0.6 is 0 Å². The fourth-order valence-electron chi connectivity index (χ4n) is 4.38. The third-order valence-corrected chi connectivity index (χ3v) is 6.14. The predicted octanol–water partition coefficient (Wildman–Crippen LogP) is 7.35. The van der Waals surface area contributed by atoms with E-state index >= 15 is 0 Å². The number of nitrogens with zero attached hydrogens (tertiary/aromatic N) is 1. The maximum absolute atomic E-state index is 8.96. The van der Waals surface area contributed by atoms with E-state index in [9.17, 15) is 0 Å². The molecular weight excluding hydrogens is 342 g/mol. The van der Waals surface area contributed by atoms with Crippen LogP contribution in [-0.4, -0.2) is 6.10 Å². The second-order valence-electron chi connectivity index (χ2n) is 8.28. The van der Waals surface area contributed by atoms with Crippen molar-refractivity contribution in [2.75, 3.05) is 0 Å². The molecule has 0 aromatic heterocycles. The third kappa shape index (κ3) is 5.61. The lowest BCUT2D eigenvalue weighted by Gasteiger charge is -2.29. The van der Waals surface area contributed by atoms with E-state index in [-0.39, 0.29) is 0 Å². The zero-order valence-corrected chi connectivity index (χ0v) is 17.4. The van der Waals surface area contributed by atoms with Crippen molar-refractivity contribution in [3.05, 3.63) is 65.2 Å². The van der Waals surface area contributed by atoms with Crippen LogP contribution in [0.15, 0.2) is 48.5 Å². The van der Waals surface area contributed by atoms with E-state index < -0.39 is 0 Å². The average Bonchev–Trinajstić information content (AvgIpc) is 2.75. The van der Waals surface area contributed by atoms with E-state index in [2.05, 4.69) is 56.3 Å². The quantitative estimate of drug-likeness (QED) is 0.452. The summed E-state index contributed by atoms with van der Waals surface area (Å²) in [5.41, 5.74) is 3.59. The van der Waals surface area contributed by atoms with Crippen molar-refractivity contribution in [3.63, 3.8) is 0 Å². The summed E-state index contributed by atoms with van der Waals surface area (Å²) in [6, 6.07) is 19.2. The topological polar surface area (TPSA) is 33.0 Å². The minimum Gasteiger partial charge on any atom is -0.491 e. The zero-order valence-electron chi connectivity index (χ0n) is 17.4. The Bertz CT molecular complexity index is 749. The molecule has 2 aromatic rings. The highest BCUT2D eigenvalue weighted by Gasteiger charge is 2.23. The summed E-state index contributed by atoms with van der Waals surface area (Å²) >= 11 is 0. The number of ether oxygens (including phenoxy) is 1. The molecule has 0 spiro atoms. The Labute approximate surface area is 170 Å². The molecule has 1 aliphatic carbocycles. The lowest BCUT2D eigenvalue weighted by molar-refractivity contribution is 0.206. The molecule has 0 bridgehead atoms. The summed E-state index contributed by atoms with van der Waals surface area (Å²) in [7, 11) is 0. The number of hydrogen-bond acceptors (Lipinski definition) is 2. The van der Waals surface area contributed by atoms with Gasteiger partial charge in [0.25, 0.3) is 0 Å². The van der Waals surface area contributed by atoms with E-state index in [1.165, 1.54) is 56.1 Å². The summed E-state index contributed by atoms with van der Waals surface area (Å²) < 4.78 is 6.07. The number of nitriles is 1. The highest BCUT2D eigenvalue weighted by molar-refractivity contribution is 5.34. The Morgan fingerprint density at radius 3 is 1.93 bits per heavy atom. The highest BCUT2D eigenvalue weighted by Crippen LogP contribution is 2.40. The van der Waals surface area contributed by atoms with Gasteiger partial charge in [-0.15, -0.1) is 0 Å². The number of unbranched alkanes of at least 4 members (excludes halogenated alkanes) is 2. The van der Waals surface area contributed by atoms with Crippen LogP contribution in [0.4, 0.5) is 0 Å². The molecule has 1 unspecified atom stereocenters. The highest BCUT2D eigenvalue weighted by atomic mass is 16.5. The Hall–Kier alpha value is -2.27. The zero-order chi connectivity index (χ0) is 19.8. The van der Waals surface area contributed by atoms with Crippen LogP contribution < -0.4 is 4.74 Å². The first-order chi connectivity index (χ1) is 13.7. The van der Waals surface area contributed by atoms with Crippen molar-refractivity contribution in [1.29, 1.82) is 5.26 Å². The van der Waals surface area contributed by atoms with Gasteiger partial charge in [0.15, 0.2) is 0 Å². The van der Waals surface area contributed by atoms with E-state index in [1.54, 1.807) is 0 Å². The number of hydrogen-bond donors (Lipinski definition) is 0. The van der Waals surface area contributed by atoms with Gasteiger partial charge < -0.3 is 4.74 Å². The normalized spacial score (nSPS) is 20.3. The van der Waals surface area contributed by atoms with Crippen LogP contribution in [0.1, 0.15) is 93.7 Å². The Morgan fingerprint density at radius 2 is 1.43 bits per heavy atom. The fraction of sp³-hybridized carbons (Fsp3) is 0.500. The molecule has 2 aromatic carbocycles. The van der Waals surface area contributed by atoms with Gasteiger partial charge >= 0.3 is 0 Å². The maximum Gasteiger partial charge on any atom is 0.119 e. The van der Waals surface area contributed by atoms with Crippen molar-refractivity contribution >= 4 is 0 Å². The van der Waals surface area contributed by atoms with E-state index in [0.717, 1.165) is 17.7 Å². The van der Waals surface area contributed by atoms with Gasteiger partial charge in [-0.2, -0.15) is 5.26 Å². The molecule has 0 N–H and O–H groups in total. The van der Waals surface area contributed by atoms with Crippen molar-refractivity contribution in [1.82, 2.24) is 0 Å². The Kier molecular flexibility index (Phi) is 7.54. The van der Waals surface area contributed by atoms with Crippen LogP contribution in [0.25, 0.3) is 0 Å². The maximum atomic E-state index is 8.96. The molecule has 3 rings (SSSR count). The third-order valence-electron chi connectivity index (χ3n) is 6.14. The summed E-state index contributed by atoms with van der Waals surface area (Å²) in [6.07, 6.45) is 10.1. The molecule has 0 aliphatic heterocycles. The van der Waals surface area contributed by atoms with Gasteiger partial charge in [-0.25, -0.2) is 0 Å². The van der Waals surface area contributed by atoms with Crippen LogP contribution in [0.3, 0.4) is 0 Å². The first-order valence-corrected chi connectivity index (χ1v) is 11.0. The van der Waals surface area contributed by atoms with Gasteiger partial charge in [-0.3, -0.25) is 0 Å². The average molecular weight is 376 g/mol. The van der Waals surface area contributed by atoms with Crippen molar-refractivity contribution in [2.24, 2.45) is 0 Å². The summed E-state index contributed by atoms with van der Waals surface area (Å²) in [6.45, 7) is 4.41. The van der Waals surface area contributed by atoms with Gasteiger partial charge in [0.2, 0.25) is 0 Å². The standard InChI is InChI=1S/C26H33NO/c1-3-4-5-6-20(2)28-26-17-15-25(16-18-26)24-13-11-23(12-14-24)22-9-7-21(19-27)8-10-22/h7-10,15-18,20,23-24H,3-6,11-14H2,1-2H3/t20?,23-,24-. The molecule has 0 amide bonds. The lowest BCUT2D eigenvalue weighted by Crippen LogP contribution is -2.13. The minimum absolute atomic E-state index is 0.292. The van der Waals surface area contributed by atoms with Crippen molar-refractivity contribution < 1.29 is 4.74 Å². The van der Waals surface area contributed by atoms with E-state index in [0.29, 0.717) is 17.9 Å². The molecular formula is C26H33NO. The molecule has 1 saturated carbocycles. The van der Waals surface area contributed by atoms with Gasteiger partial charge in [-0.1, -0.05) is 44.0 Å². The van der Waals surface area contributed by atoms with E-state index in [1.807, 2.05) is 12.1 Å². The SMILES string of the molecule is CCCCCC(C)Oc1ccc([C@H]2CC[C@H](c3ccc(C#N)cc3)CC2)cc1. The molecule has 148 valence electrons. The molecule has 0 saturated heterocycles.